The van der Waals surface area contributed by atoms with Crippen LogP contribution in [0.3, 0.4) is 0 Å². The monoisotopic (exact) mass is 409 g/mol. The number of hydrogen-bond donors (Lipinski definition) is 1. The van der Waals surface area contributed by atoms with E-state index in [2.05, 4.69) is 39.4 Å². The molecular weight excluding hydrogens is 378 g/mol. The molecule has 1 N–H and O–H groups in total. The molecule has 1 unspecified atom stereocenters. The van der Waals surface area contributed by atoms with Gasteiger partial charge in [0.05, 0.1) is 13.2 Å². The molecule has 160 valence electrons. The summed E-state index contributed by atoms with van der Waals surface area (Å²) in [7, 11) is 1.69. The van der Waals surface area contributed by atoms with Gasteiger partial charge in [-0.2, -0.15) is 0 Å². The molecule has 2 heterocycles. The first-order valence-electron chi connectivity index (χ1n) is 10.8. The number of methoxy groups -OCH3 is 1. The van der Waals surface area contributed by atoms with E-state index in [1.165, 1.54) is 11.3 Å². The summed E-state index contributed by atoms with van der Waals surface area (Å²) < 4.78 is 10.8. The first-order valence-corrected chi connectivity index (χ1v) is 10.8. The van der Waals surface area contributed by atoms with Crippen LogP contribution in [0.1, 0.15) is 28.8 Å². The van der Waals surface area contributed by atoms with E-state index in [-0.39, 0.29) is 12.0 Å². The molecule has 30 heavy (non-hydrogen) atoms. The summed E-state index contributed by atoms with van der Waals surface area (Å²) >= 11 is 0. The lowest BCUT2D eigenvalue weighted by atomic mass is 10.1. The lowest BCUT2D eigenvalue weighted by molar-refractivity contribution is 0.0858. The van der Waals surface area contributed by atoms with Crippen LogP contribution in [0.15, 0.2) is 48.5 Å². The van der Waals surface area contributed by atoms with Gasteiger partial charge >= 0.3 is 0 Å². The Hall–Kier alpha value is -2.57. The van der Waals surface area contributed by atoms with Crippen molar-refractivity contribution in [2.75, 3.05) is 51.3 Å². The lowest BCUT2D eigenvalue weighted by Crippen LogP contribution is -2.45. The number of hydrogen-bond acceptors (Lipinski definition) is 5. The Morgan fingerprint density at radius 3 is 2.43 bits per heavy atom. The van der Waals surface area contributed by atoms with E-state index in [0.29, 0.717) is 12.1 Å². The van der Waals surface area contributed by atoms with E-state index in [1.54, 1.807) is 7.11 Å². The quantitative estimate of drug-likeness (QED) is 0.762. The van der Waals surface area contributed by atoms with Gasteiger partial charge in [-0.1, -0.05) is 12.1 Å². The molecule has 0 radical (unpaired) electrons. The van der Waals surface area contributed by atoms with Gasteiger partial charge in [-0.15, -0.1) is 0 Å². The Kier molecular flexibility index (Phi) is 6.87. The molecule has 0 spiro atoms. The van der Waals surface area contributed by atoms with Crippen molar-refractivity contribution in [3.05, 3.63) is 59.7 Å². The molecule has 2 aromatic carbocycles. The Bertz CT molecular complexity index is 809. The summed E-state index contributed by atoms with van der Waals surface area (Å²) in [5.41, 5.74) is 3.19. The first-order chi connectivity index (χ1) is 14.7. The molecule has 0 aliphatic carbocycles. The predicted octanol–water partition coefficient (Wildman–Crippen LogP) is 2.93. The zero-order valence-corrected chi connectivity index (χ0v) is 17.7. The van der Waals surface area contributed by atoms with Crippen molar-refractivity contribution in [2.45, 2.75) is 25.5 Å². The maximum Gasteiger partial charge on any atom is 0.251 e. The molecule has 2 aliphatic rings. The Morgan fingerprint density at radius 1 is 1.07 bits per heavy atom. The largest absolute Gasteiger partial charge is 0.497 e. The summed E-state index contributed by atoms with van der Waals surface area (Å²) in [5, 5.41) is 2.98. The van der Waals surface area contributed by atoms with Gasteiger partial charge in [-0.3, -0.25) is 9.69 Å². The van der Waals surface area contributed by atoms with E-state index in [0.717, 1.165) is 57.9 Å². The third-order valence-corrected chi connectivity index (χ3v) is 5.95. The summed E-state index contributed by atoms with van der Waals surface area (Å²) in [4.78, 5) is 17.2. The van der Waals surface area contributed by atoms with Crippen molar-refractivity contribution in [3.8, 4) is 5.75 Å². The zero-order chi connectivity index (χ0) is 20.8. The summed E-state index contributed by atoms with van der Waals surface area (Å²) in [6.07, 6.45) is 2.29. The minimum absolute atomic E-state index is 0.0230. The van der Waals surface area contributed by atoms with Crippen molar-refractivity contribution >= 4 is 11.6 Å². The average molecular weight is 410 g/mol. The number of benzene rings is 2. The lowest BCUT2D eigenvalue weighted by Gasteiger charge is -2.36. The van der Waals surface area contributed by atoms with E-state index >= 15 is 0 Å². The standard InChI is InChI=1S/C24H31N3O3/c1-29-22-10-8-21(9-11-22)27-14-12-26(13-15-27)18-19-4-6-20(7-5-19)24(28)25-17-23-3-2-16-30-23/h4-11,23H,2-3,12-18H2,1H3,(H,25,28). The number of piperazine rings is 1. The van der Waals surface area contributed by atoms with E-state index in [1.807, 2.05) is 24.3 Å². The maximum atomic E-state index is 12.3. The molecule has 2 aliphatic heterocycles. The van der Waals surface area contributed by atoms with Crippen LogP contribution in [-0.2, 0) is 11.3 Å². The fourth-order valence-electron chi connectivity index (χ4n) is 4.09. The van der Waals surface area contributed by atoms with Gasteiger partial charge < -0.3 is 19.7 Å². The van der Waals surface area contributed by atoms with Crippen molar-refractivity contribution in [3.63, 3.8) is 0 Å². The number of carbonyl (C=O) groups excluding carboxylic acids is 1. The summed E-state index contributed by atoms with van der Waals surface area (Å²) in [6, 6.07) is 16.3. The number of carbonyl (C=O) groups is 1. The number of ether oxygens (including phenoxy) is 2. The minimum Gasteiger partial charge on any atom is -0.497 e. The third kappa shape index (κ3) is 5.32. The molecule has 0 saturated carbocycles. The number of rotatable bonds is 7. The molecule has 2 saturated heterocycles. The van der Waals surface area contributed by atoms with Crippen LogP contribution in [0.4, 0.5) is 5.69 Å². The number of amides is 1. The molecule has 2 fully saturated rings. The summed E-state index contributed by atoms with van der Waals surface area (Å²) in [6.45, 7) is 6.38. The van der Waals surface area contributed by atoms with Crippen molar-refractivity contribution in [1.29, 1.82) is 0 Å². The molecule has 6 nitrogen and oxygen atoms in total. The van der Waals surface area contributed by atoms with Crippen LogP contribution in [0.5, 0.6) is 5.75 Å². The topological polar surface area (TPSA) is 54.0 Å². The SMILES string of the molecule is COc1ccc(N2CCN(Cc3ccc(C(=O)NCC4CCCO4)cc3)CC2)cc1. The number of nitrogens with zero attached hydrogens (tertiary/aromatic N) is 2. The van der Waals surface area contributed by atoms with Gasteiger partial charge in [-0.05, 0) is 54.8 Å². The first kappa shape index (κ1) is 20.7. The molecule has 1 amide bonds. The average Bonchev–Trinajstić information content (AvgIpc) is 3.32. The van der Waals surface area contributed by atoms with Gasteiger partial charge in [0.15, 0.2) is 0 Å². The van der Waals surface area contributed by atoms with E-state index in [9.17, 15) is 4.79 Å². The van der Waals surface area contributed by atoms with Gasteiger partial charge in [0.2, 0.25) is 0 Å². The molecule has 0 bridgehead atoms. The third-order valence-electron chi connectivity index (χ3n) is 5.95. The second-order valence-corrected chi connectivity index (χ2v) is 8.00. The van der Waals surface area contributed by atoms with Gasteiger partial charge in [0.1, 0.15) is 5.75 Å². The second-order valence-electron chi connectivity index (χ2n) is 8.00. The Morgan fingerprint density at radius 2 is 1.80 bits per heavy atom. The Labute approximate surface area is 178 Å². The van der Waals surface area contributed by atoms with Crippen LogP contribution in [0.2, 0.25) is 0 Å². The second kappa shape index (κ2) is 9.96. The van der Waals surface area contributed by atoms with Crippen LogP contribution in [0.25, 0.3) is 0 Å². The Balaban J connectivity index is 1.23. The maximum absolute atomic E-state index is 12.3. The highest BCUT2D eigenvalue weighted by Gasteiger charge is 2.18. The zero-order valence-electron chi connectivity index (χ0n) is 17.7. The highest BCUT2D eigenvalue weighted by atomic mass is 16.5. The van der Waals surface area contributed by atoms with Crippen LogP contribution in [-0.4, -0.2) is 63.4 Å². The van der Waals surface area contributed by atoms with Crippen LogP contribution in [0, 0.1) is 0 Å². The van der Waals surface area contributed by atoms with Crippen LogP contribution < -0.4 is 15.0 Å². The van der Waals surface area contributed by atoms with E-state index < -0.39 is 0 Å². The van der Waals surface area contributed by atoms with Crippen LogP contribution >= 0.6 is 0 Å². The minimum atomic E-state index is -0.0230. The number of anilines is 1. The molecule has 6 heteroatoms. The fraction of sp³-hybridized carbons (Fsp3) is 0.458. The van der Waals surface area contributed by atoms with E-state index in [4.69, 9.17) is 9.47 Å². The molecule has 4 rings (SSSR count). The molecule has 1 atom stereocenters. The van der Waals surface area contributed by atoms with Crippen molar-refractivity contribution in [1.82, 2.24) is 10.2 Å². The van der Waals surface area contributed by atoms with Crippen molar-refractivity contribution < 1.29 is 14.3 Å². The highest BCUT2D eigenvalue weighted by Crippen LogP contribution is 2.21. The molecule has 2 aromatic rings. The van der Waals surface area contributed by atoms with Gasteiger partial charge in [0.25, 0.3) is 5.91 Å². The predicted molar refractivity (Wildman–Crippen MR) is 118 cm³/mol. The normalized spacial score (nSPS) is 19.6. The fourth-order valence-corrected chi connectivity index (χ4v) is 4.09. The molecule has 0 aromatic heterocycles. The number of nitrogens with one attached hydrogen (secondary N) is 1. The molecular formula is C24H31N3O3. The van der Waals surface area contributed by atoms with Gasteiger partial charge in [0, 0.05) is 57.1 Å². The smallest absolute Gasteiger partial charge is 0.251 e. The highest BCUT2D eigenvalue weighted by molar-refractivity contribution is 5.94. The van der Waals surface area contributed by atoms with Crippen molar-refractivity contribution in [2.24, 2.45) is 0 Å². The van der Waals surface area contributed by atoms with Gasteiger partial charge in [-0.25, -0.2) is 0 Å². The summed E-state index contributed by atoms with van der Waals surface area (Å²) in [5.74, 6) is 0.867.